The number of anilines is 1. The van der Waals surface area contributed by atoms with Crippen LogP contribution < -0.4 is 4.90 Å². The van der Waals surface area contributed by atoms with E-state index in [2.05, 4.69) is 6.92 Å². The van der Waals surface area contributed by atoms with E-state index >= 15 is 0 Å². The Labute approximate surface area is 106 Å². The van der Waals surface area contributed by atoms with Gasteiger partial charge in [-0.1, -0.05) is 6.92 Å². The quantitative estimate of drug-likeness (QED) is 0.837. The van der Waals surface area contributed by atoms with Crippen molar-refractivity contribution in [3.63, 3.8) is 0 Å². The molecule has 1 heterocycles. The largest absolute Gasteiger partial charge is 0.394 e. The lowest BCUT2D eigenvalue weighted by Gasteiger charge is -2.28. The molecule has 0 spiro atoms. The first-order valence-electron chi connectivity index (χ1n) is 6.22. The zero-order chi connectivity index (χ0) is 13.3. The maximum absolute atomic E-state index is 13.2. The lowest BCUT2D eigenvalue weighted by Crippen LogP contribution is -2.36. The second-order valence-corrected chi connectivity index (χ2v) is 4.93. The Morgan fingerprint density at radius 1 is 1.56 bits per heavy atom. The Morgan fingerprint density at radius 2 is 2.28 bits per heavy atom. The third-order valence-electron chi connectivity index (χ3n) is 3.72. The highest BCUT2D eigenvalue weighted by Gasteiger charge is 2.32. The molecule has 0 saturated carbocycles. The van der Waals surface area contributed by atoms with Crippen LogP contribution in [0.25, 0.3) is 0 Å². The van der Waals surface area contributed by atoms with Crippen molar-refractivity contribution in [2.75, 3.05) is 18.1 Å². The van der Waals surface area contributed by atoms with Crippen LogP contribution in [0.2, 0.25) is 0 Å². The second kappa shape index (κ2) is 5.06. The van der Waals surface area contributed by atoms with E-state index in [0.29, 0.717) is 11.5 Å². The molecule has 0 amide bonds. The molecular formula is C14H18FNO2. The van der Waals surface area contributed by atoms with Gasteiger partial charge in [0.2, 0.25) is 0 Å². The first kappa shape index (κ1) is 13.0. The molecule has 0 aliphatic carbocycles. The minimum Gasteiger partial charge on any atom is -0.394 e. The molecule has 1 aromatic carbocycles. The maximum Gasteiger partial charge on any atom is 0.161 e. The highest BCUT2D eigenvalue weighted by Crippen LogP contribution is 2.32. The molecular weight excluding hydrogens is 233 g/mol. The molecule has 2 rings (SSSR count). The Balaban J connectivity index is 2.41. The first-order valence-corrected chi connectivity index (χ1v) is 6.22. The summed E-state index contributed by atoms with van der Waals surface area (Å²) in [7, 11) is 0. The van der Waals surface area contributed by atoms with Gasteiger partial charge in [0.05, 0.1) is 12.6 Å². The van der Waals surface area contributed by atoms with Gasteiger partial charge in [-0.15, -0.1) is 0 Å². The molecule has 1 N–H and O–H groups in total. The van der Waals surface area contributed by atoms with Crippen molar-refractivity contribution in [1.82, 2.24) is 0 Å². The highest BCUT2D eigenvalue weighted by molar-refractivity contribution is 5.99. The molecule has 2 unspecified atom stereocenters. The SMILES string of the molecule is CC(=O)c1cc(F)ccc1N1CCC(C)C1CO. The van der Waals surface area contributed by atoms with Gasteiger partial charge in [-0.25, -0.2) is 4.39 Å². The van der Waals surface area contributed by atoms with Crippen molar-refractivity contribution in [3.8, 4) is 0 Å². The Morgan fingerprint density at radius 3 is 2.89 bits per heavy atom. The number of hydrogen-bond acceptors (Lipinski definition) is 3. The zero-order valence-electron chi connectivity index (χ0n) is 10.7. The van der Waals surface area contributed by atoms with Crippen LogP contribution in [0.1, 0.15) is 30.6 Å². The van der Waals surface area contributed by atoms with E-state index in [-0.39, 0.29) is 18.4 Å². The Bertz CT molecular complexity index is 461. The summed E-state index contributed by atoms with van der Waals surface area (Å²) in [5, 5.41) is 9.45. The molecule has 1 saturated heterocycles. The predicted octanol–water partition coefficient (Wildman–Crippen LogP) is 2.24. The van der Waals surface area contributed by atoms with E-state index < -0.39 is 5.82 Å². The van der Waals surface area contributed by atoms with E-state index in [1.165, 1.54) is 19.1 Å². The molecule has 1 aliphatic heterocycles. The van der Waals surface area contributed by atoms with Gasteiger partial charge in [-0.2, -0.15) is 0 Å². The van der Waals surface area contributed by atoms with Crippen molar-refractivity contribution in [2.24, 2.45) is 5.92 Å². The first-order chi connectivity index (χ1) is 8.54. The van der Waals surface area contributed by atoms with Gasteiger partial charge in [0.1, 0.15) is 5.82 Å². The summed E-state index contributed by atoms with van der Waals surface area (Å²) >= 11 is 0. The van der Waals surface area contributed by atoms with E-state index in [9.17, 15) is 14.3 Å². The number of nitrogens with zero attached hydrogens (tertiary/aromatic N) is 1. The summed E-state index contributed by atoms with van der Waals surface area (Å²) in [5.74, 6) is -0.183. The van der Waals surface area contributed by atoms with Gasteiger partial charge in [0, 0.05) is 17.8 Å². The third kappa shape index (κ3) is 2.25. The van der Waals surface area contributed by atoms with Crippen LogP contribution in [-0.2, 0) is 0 Å². The van der Waals surface area contributed by atoms with Gasteiger partial charge < -0.3 is 10.0 Å². The number of benzene rings is 1. The summed E-state index contributed by atoms with van der Waals surface area (Å²) < 4.78 is 13.2. The smallest absolute Gasteiger partial charge is 0.161 e. The number of carbonyl (C=O) groups excluding carboxylic acids is 1. The van der Waals surface area contributed by atoms with Gasteiger partial charge in [0.15, 0.2) is 5.78 Å². The van der Waals surface area contributed by atoms with Crippen molar-refractivity contribution in [3.05, 3.63) is 29.6 Å². The fourth-order valence-corrected chi connectivity index (χ4v) is 2.63. The molecule has 1 aliphatic rings. The molecule has 2 atom stereocenters. The minimum atomic E-state index is -0.406. The maximum atomic E-state index is 13.2. The van der Waals surface area contributed by atoms with E-state index in [1.54, 1.807) is 6.07 Å². The molecule has 0 radical (unpaired) electrons. The molecule has 18 heavy (non-hydrogen) atoms. The van der Waals surface area contributed by atoms with Gasteiger partial charge in [0.25, 0.3) is 0 Å². The zero-order valence-corrected chi connectivity index (χ0v) is 10.7. The Hall–Kier alpha value is -1.42. The summed E-state index contributed by atoms with van der Waals surface area (Å²) in [5.41, 5.74) is 1.12. The monoisotopic (exact) mass is 251 g/mol. The van der Waals surface area contributed by atoms with Crippen molar-refractivity contribution in [1.29, 1.82) is 0 Å². The van der Waals surface area contributed by atoms with Crippen LogP contribution in [0.4, 0.5) is 10.1 Å². The third-order valence-corrected chi connectivity index (χ3v) is 3.72. The van der Waals surface area contributed by atoms with E-state index in [1.807, 2.05) is 4.90 Å². The lowest BCUT2D eigenvalue weighted by atomic mass is 10.0. The van der Waals surface area contributed by atoms with Crippen LogP contribution in [0, 0.1) is 11.7 Å². The topological polar surface area (TPSA) is 40.5 Å². The summed E-state index contributed by atoms with van der Waals surface area (Å²) in [6.07, 6.45) is 0.972. The fraction of sp³-hybridized carbons (Fsp3) is 0.500. The molecule has 0 aromatic heterocycles. The number of aliphatic hydroxyl groups is 1. The van der Waals surface area contributed by atoms with E-state index in [4.69, 9.17) is 0 Å². The minimum absolute atomic E-state index is 0.00793. The number of ketones is 1. The summed E-state index contributed by atoms with van der Waals surface area (Å²) in [6.45, 7) is 4.36. The standard InChI is InChI=1S/C14H18FNO2/c1-9-5-6-16(14(9)8-17)13-4-3-11(15)7-12(13)10(2)18/h3-4,7,9,14,17H,5-6,8H2,1-2H3. The van der Waals surface area contributed by atoms with Gasteiger partial charge in [-0.05, 0) is 37.5 Å². The molecule has 1 aromatic rings. The van der Waals surface area contributed by atoms with Gasteiger partial charge in [-0.3, -0.25) is 4.79 Å². The average molecular weight is 251 g/mol. The average Bonchev–Trinajstić information content (AvgIpc) is 2.70. The molecule has 1 fully saturated rings. The lowest BCUT2D eigenvalue weighted by molar-refractivity contribution is 0.101. The van der Waals surface area contributed by atoms with Crippen LogP contribution in [-0.4, -0.2) is 30.1 Å². The van der Waals surface area contributed by atoms with E-state index in [0.717, 1.165) is 18.7 Å². The van der Waals surface area contributed by atoms with Crippen molar-refractivity contribution in [2.45, 2.75) is 26.3 Å². The summed E-state index contributed by atoms with van der Waals surface area (Å²) in [6, 6.07) is 4.27. The van der Waals surface area contributed by atoms with Crippen LogP contribution >= 0.6 is 0 Å². The second-order valence-electron chi connectivity index (χ2n) is 4.93. The molecule has 3 nitrogen and oxygen atoms in total. The Kier molecular flexibility index (Phi) is 3.66. The van der Waals surface area contributed by atoms with Crippen LogP contribution in [0.15, 0.2) is 18.2 Å². The van der Waals surface area contributed by atoms with Crippen molar-refractivity contribution < 1.29 is 14.3 Å². The highest BCUT2D eigenvalue weighted by atomic mass is 19.1. The number of carbonyl (C=O) groups is 1. The fourth-order valence-electron chi connectivity index (χ4n) is 2.63. The molecule has 98 valence electrons. The van der Waals surface area contributed by atoms with Crippen LogP contribution in [0.3, 0.4) is 0 Å². The van der Waals surface area contributed by atoms with Gasteiger partial charge >= 0.3 is 0 Å². The normalized spacial score (nSPS) is 23.4. The number of hydrogen-bond donors (Lipinski definition) is 1. The van der Waals surface area contributed by atoms with Crippen LogP contribution in [0.5, 0.6) is 0 Å². The van der Waals surface area contributed by atoms with Crippen molar-refractivity contribution >= 4 is 11.5 Å². The molecule has 0 bridgehead atoms. The number of halogens is 1. The molecule has 4 heteroatoms. The number of Topliss-reactive ketones (excluding diaryl/α,β-unsaturated/α-hetero) is 1. The predicted molar refractivity (Wildman–Crippen MR) is 68.4 cm³/mol. The summed E-state index contributed by atoms with van der Waals surface area (Å²) in [4.78, 5) is 13.6. The number of rotatable bonds is 3. The number of aliphatic hydroxyl groups excluding tert-OH is 1.